The third-order valence-electron chi connectivity index (χ3n) is 4.74. The second-order valence-corrected chi connectivity index (χ2v) is 7.00. The van der Waals surface area contributed by atoms with Crippen LogP contribution in [0.3, 0.4) is 0 Å². The van der Waals surface area contributed by atoms with E-state index in [1.165, 1.54) is 13.8 Å². The maximum Gasteiger partial charge on any atom is 0.322 e. The van der Waals surface area contributed by atoms with Crippen LogP contribution in [0.15, 0.2) is 54.6 Å². The Bertz CT molecular complexity index is 990. The first-order valence-electron chi connectivity index (χ1n) is 9.09. The standard InChI is InChI=1S/C22H21N3O4/c1-14(26)18(22(2)20(28)24-21(29)25-22)23-19(27)17-12-10-16(11-13-17)9-8-15-6-4-3-5-7-15/h3-7,10-14,18,26H,1-2H3,(H,23,27)(H2,24,25,28,29)/t14-,18+,22?/m1/s1. The van der Waals surface area contributed by atoms with Crippen molar-refractivity contribution in [3.8, 4) is 11.8 Å². The molecule has 0 aromatic heterocycles. The number of aliphatic hydroxyl groups is 1. The van der Waals surface area contributed by atoms with Crippen LogP contribution in [0.5, 0.6) is 0 Å². The monoisotopic (exact) mass is 391 g/mol. The Morgan fingerprint density at radius 3 is 2.14 bits per heavy atom. The fourth-order valence-electron chi connectivity index (χ4n) is 3.12. The van der Waals surface area contributed by atoms with Gasteiger partial charge in [-0.15, -0.1) is 0 Å². The van der Waals surface area contributed by atoms with Gasteiger partial charge in [0.1, 0.15) is 5.54 Å². The van der Waals surface area contributed by atoms with Gasteiger partial charge in [-0.1, -0.05) is 30.0 Å². The first-order chi connectivity index (χ1) is 13.8. The van der Waals surface area contributed by atoms with Crippen molar-refractivity contribution in [1.29, 1.82) is 0 Å². The number of carbonyl (C=O) groups excluding carboxylic acids is 3. The number of aliphatic hydroxyl groups excluding tert-OH is 1. The maximum atomic E-state index is 12.6. The lowest BCUT2D eigenvalue weighted by Gasteiger charge is -2.33. The minimum atomic E-state index is -1.46. The molecule has 7 heteroatoms. The highest BCUT2D eigenvalue weighted by Crippen LogP contribution is 2.19. The lowest BCUT2D eigenvalue weighted by Crippen LogP contribution is -2.64. The van der Waals surface area contributed by atoms with Gasteiger partial charge in [-0.25, -0.2) is 4.79 Å². The number of hydrogen-bond acceptors (Lipinski definition) is 4. The molecule has 1 unspecified atom stereocenters. The topological polar surface area (TPSA) is 108 Å². The lowest BCUT2D eigenvalue weighted by molar-refractivity contribution is -0.125. The largest absolute Gasteiger partial charge is 0.391 e. The Morgan fingerprint density at radius 2 is 1.62 bits per heavy atom. The molecule has 0 spiro atoms. The maximum absolute atomic E-state index is 12.6. The van der Waals surface area contributed by atoms with Gasteiger partial charge in [-0.2, -0.15) is 0 Å². The second-order valence-electron chi connectivity index (χ2n) is 7.00. The van der Waals surface area contributed by atoms with Crippen LogP contribution >= 0.6 is 0 Å². The zero-order chi connectivity index (χ0) is 21.0. The van der Waals surface area contributed by atoms with Crippen LogP contribution in [-0.2, 0) is 4.79 Å². The molecule has 0 saturated carbocycles. The normalized spacial score (nSPS) is 20.0. The van der Waals surface area contributed by atoms with Crippen molar-refractivity contribution < 1.29 is 19.5 Å². The molecule has 2 aromatic rings. The molecule has 1 aliphatic heterocycles. The first kappa shape index (κ1) is 20.1. The fraction of sp³-hybridized carbons (Fsp3) is 0.227. The third-order valence-corrected chi connectivity index (χ3v) is 4.74. The van der Waals surface area contributed by atoms with Crippen LogP contribution in [0.4, 0.5) is 4.79 Å². The van der Waals surface area contributed by atoms with Gasteiger partial charge in [-0.3, -0.25) is 14.9 Å². The van der Waals surface area contributed by atoms with Crippen molar-refractivity contribution in [1.82, 2.24) is 16.0 Å². The number of carbonyl (C=O) groups is 3. The molecule has 29 heavy (non-hydrogen) atoms. The highest BCUT2D eigenvalue weighted by Gasteiger charge is 2.50. The van der Waals surface area contributed by atoms with Crippen LogP contribution in [0.1, 0.15) is 35.3 Å². The van der Waals surface area contributed by atoms with Gasteiger partial charge < -0.3 is 15.7 Å². The molecule has 7 nitrogen and oxygen atoms in total. The van der Waals surface area contributed by atoms with Gasteiger partial charge in [0, 0.05) is 16.7 Å². The zero-order valence-corrected chi connectivity index (χ0v) is 16.0. The Balaban J connectivity index is 1.73. The number of imide groups is 1. The van der Waals surface area contributed by atoms with Gasteiger partial charge in [0.15, 0.2) is 0 Å². The van der Waals surface area contributed by atoms with Crippen LogP contribution in [0, 0.1) is 11.8 Å². The smallest absolute Gasteiger partial charge is 0.322 e. The van der Waals surface area contributed by atoms with E-state index in [0.29, 0.717) is 5.56 Å². The summed E-state index contributed by atoms with van der Waals surface area (Å²) in [4.78, 5) is 36.3. The molecule has 0 aliphatic carbocycles. The summed E-state index contributed by atoms with van der Waals surface area (Å²) >= 11 is 0. The highest BCUT2D eigenvalue weighted by molar-refractivity contribution is 6.08. The van der Waals surface area contributed by atoms with E-state index < -0.39 is 35.5 Å². The summed E-state index contributed by atoms with van der Waals surface area (Å²) in [6.45, 7) is 2.89. The van der Waals surface area contributed by atoms with Gasteiger partial charge in [0.2, 0.25) is 0 Å². The Labute approximate surface area is 168 Å². The van der Waals surface area contributed by atoms with E-state index in [9.17, 15) is 19.5 Å². The van der Waals surface area contributed by atoms with Crippen LogP contribution < -0.4 is 16.0 Å². The van der Waals surface area contributed by atoms with Gasteiger partial charge in [0.25, 0.3) is 11.8 Å². The molecular formula is C22H21N3O4. The predicted octanol–water partition coefficient (Wildman–Crippen LogP) is 1.16. The molecule has 0 bridgehead atoms. The molecule has 3 atom stereocenters. The highest BCUT2D eigenvalue weighted by atomic mass is 16.3. The number of amides is 4. The Kier molecular flexibility index (Phi) is 5.66. The molecule has 2 aromatic carbocycles. The molecular weight excluding hydrogens is 370 g/mol. The van der Waals surface area contributed by atoms with E-state index >= 15 is 0 Å². The molecule has 1 saturated heterocycles. The number of rotatable bonds is 4. The van der Waals surface area contributed by atoms with Gasteiger partial charge in [0.05, 0.1) is 12.1 Å². The van der Waals surface area contributed by atoms with Crippen molar-refractivity contribution in [2.75, 3.05) is 0 Å². The molecule has 4 amide bonds. The molecule has 1 aliphatic rings. The summed E-state index contributed by atoms with van der Waals surface area (Å²) < 4.78 is 0. The Hall–Kier alpha value is -3.63. The second kappa shape index (κ2) is 8.17. The summed E-state index contributed by atoms with van der Waals surface area (Å²) in [5.74, 6) is 4.98. The lowest BCUT2D eigenvalue weighted by atomic mass is 9.88. The number of benzene rings is 2. The van der Waals surface area contributed by atoms with Crippen LogP contribution in [0.2, 0.25) is 0 Å². The van der Waals surface area contributed by atoms with E-state index in [2.05, 4.69) is 27.8 Å². The van der Waals surface area contributed by atoms with Crippen molar-refractivity contribution in [2.45, 2.75) is 31.5 Å². The minimum absolute atomic E-state index is 0.342. The van der Waals surface area contributed by atoms with Crippen molar-refractivity contribution in [3.63, 3.8) is 0 Å². The van der Waals surface area contributed by atoms with E-state index in [1.807, 2.05) is 30.3 Å². The SMILES string of the molecule is C[C@@H](O)[C@H](NC(=O)c1ccc(C#Cc2ccccc2)cc1)C1(C)NC(=O)NC1=O. The average Bonchev–Trinajstić information content (AvgIpc) is 2.97. The van der Waals surface area contributed by atoms with Crippen LogP contribution in [0.25, 0.3) is 0 Å². The minimum Gasteiger partial charge on any atom is -0.391 e. The third kappa shape index (κ3) is 4.45. The van der Waals surface area contributed by atoms with Crippen molar-refractivity contribution >= 4 is 17.8 Å². The summed E-state index contributed by atoms with van der Waals surface area (Å²) in [7, 11) is 0. The summed E-state index contributed by atoms with van der Waals surface area (Å²) in [5.41, 5.74) is 0.516. The summed E-state index contributed by atoms with van der Waals surface area (Å²) in [6.07, 6.45) is -1.08. The number of urea groups is 1. The number of hydrogen-bond donors (Lipinski definition) is 4. The van der Waals surface area contributed by atoms with Crippen molar-refractivity contribution in [3.05, 3.63) is 71.3 Å². The first-order valence-corrected chi connectivity index (χ1v) is 9.09. The molecule has 1 heterocycles. The zero-order valence-electron chi connectivity index (χ0n) is 16.0. The number of nitrogens with one attached hydrogen (secondary N) is 3. The quantitative estimate of drug-likeness (QED) is 0.463. The molecule has 0 radical (unpaired) electrons. The van der Waals surface area contributed by atoms with E-state index in [-0.39, 0.29) is 0 Å². The summed E-state index contributed by atoms with van der Waals surface area (Å²) in [6, 6.07) is 14.5. The van der Waals surface area contributed by atoms with Gasteiger partial charge >= 0.3 is 6.03 Å². The average molecular weight is 391 g/mol. The molecule has 1 fully saturated rings. The molecule has 4 N–H and O–H groups in total. The van der Waals surface area contributed by atoms with Gasteiger partial charge in [-0.05, 0) is 50.2 Å². The van der Waals surface area contributed by atoms with E-state index in [1.54, 1.807) is 24.3 Å². The van der Waals surface area contributed by atoms with E-state index in [0.717, 1.165) is 11.1 Å². The predicted molar refractivity (Wildman–Crippen MR) is 107 cm³/mol. The fourth-order valence-corrected chi connectivity index (χ4v) is 3.12. The molecule has 3 rings (SSSR count). The van der Waals surface area contributed by atoms with E-state index in [4.69, 9.17) is 0 Å². The Morgan fingerprint density at radius 1 is 1.03 bits per heavy atom. The molecule has 148 valence electrons. The summed E-state index contributed by atoms with van der Waals surface area (Å²) in [5, 5.41) is 17.3. The van der Waals surface area contributed by atoms with Crippen LogP contribution in [-0.4, -0.2) is 40.6 Å². The van der Waals surface area contributed by atoms with Crippen molar-refractivity contribution in [2.24, 2.45) is 0 Å².